The highest BCUT2D eigenvalue weighted by Crippen LogP contribution is 2.34. The van der Waals surface area contributed by atoms with Crippen LogP contribution in [0.2, 0.25) is 0 Å². The van der Waals surface area contributed by atoms with E-state index in [2.05, 4.69) is 5.32 Å². The third-order valence-electron chi connectivity index (χ3n) is 3.65. The van der Waals surface area contributed by atoms with Crippen LogP contribution in [0.25, 0.3) is 0 Å². The van der Waals surface area contributed by atoms with Gasteiger partial charge in [0.05, 0.1) is 43.3 Å². The van der Waals surface area contributed by atoms with Crippen molar-refractivity contribution in [3.8, 4) is 0 Å². The van der Waals surface area contributed by atoms with E-state index in [0.717, 1.165) is 0 Å². The predicted octanol–water partition coefficient (Wildman–Crippen LogP) is 0.821. The number of carboxylic acids is 1. The summed E-state index contributed by atoms with van der Waals surface area (Å²) < 4.78 is 14.9. The zero-order valence-corrected chi connectivity index (χ0v) is 14.0. The molecule has 1 aromatic rings. The number of hydrogen-bond donors (Lipinski definition) is 2. The van der Waals surface area contributed by atoms with Crippen LogP contribution in [0, 0.1) is 0 Å². The number of hydrogen-bond acceptors (Lipinski definition) is 8. The first kappa shape index (κ1) is 18.3. The summed E-state index contributed by atoms with van der Waals surface area (Å²) in [4.78, 5) is 37.1. The number of nitrogens with zero attached hydrogens (tertiary/aromatic N) is 1. The molecule has 0 atom stereocenters. The Morgan fingerprint density at radius 1 is 1.20 bits per heavy atom. The Bertz CT molecular complexity index is 742. The number of rotatable bonds is 5. The molecule has 0 radical (unpaired) electrons. The fraction of sp³-hybridized carbons (Fsp3) is 0.312. The first-order chi connectivity index (χ1) is 12.0. The highest BCUT2D eigenvalue weighted by molar-refractivity contribution is 6.05. The predicted molar refractivity (Wildman–Crippen MR) is 87.3 cm³/mol. The molecule has 1 heterocycles. The first-order valence-electron chi connectivity index (χ1n) is 7.25. The molecule has 25 heavy (non-hydrogen) atoms. The first-order valence-corrected chi connectivity index (χ1v) is 7.25. The number of carbonyl (C=O) groups excluding carboxylic acids is 2. The Morgan fingerprint density at radius 2 is 1.88 bits per heavy atom. The van der Waals surface area contributed by atoms with Gasteiger partial charge < -0.3 is 29.5 Å². The zero-order chi connectivity index (χ0) is 18.6. The Kier molecular flexibility index (Phi) is 5.60. The summed E-state index contributed by atoms with van der Waals surface area (Å²) in [7, 11) is 3.93. The van der Waals surface area contributed by atoms with Crippen LogP contribution in [0.3, 0.4) is 0 Å². The van der Waals surface area contributed by atoms with E-state index in [-0.39, 0.29) is 35.9 Å². The largest absolute Gasteiger partial charge is 0.478 e. The Balaban J connectivity index is 2.68. The second-order valence-corrected chi connectivity index (χ2v) is 4.97. The molecule has 0 saturated carbocycles. The SMILES string of the molecule is CNc1c(C(=O)O)cccc1N1COCC(C(=O)OC)=C1C(=O)OC. The number of aromatic carboxylic acids is 1. The van der Waals surface area contributed by atoms with E-state index in [9.17, 15) is 19.5 Å². The third-order valence-corrected chi connectivity index (χ3v) is 3.65. The molecule has 1 aromatic carbocycles. The van der Waals surface area contributed by atoms with Crippen LogP contribution >= 0.6 is 0 Å². The summed E-state index contributed by atoms with van der Waals surface area (Å²) in [5.74, 6) is -2.63. The monoisotopic (exact) mass is 350 g/mol. The number of para-hydroxylation sites is 1. The summed E-state index contributed by atoms with van der Waals surface area (Å²) in [6.07, 6.45) is 0. The van der Waals surface area contributed by atoms with Crippen molar-refractivity contribution < 1.29 is 33.7 Å². The smallest absolute Gasteiger partial charge is 0.355 e. The summed E-state index contributed by atoms with van der Waals surface area (Å²) >= 11 is 0. The molecule has 0 saturated heterocycles. The second kappa shape index (κ2) is 7.67. The number of anilines is 2. The normalized spacial score (nSPS) is 14.1. The fourth-order valence-electron chi connectivity index (χ4n) is 2.54. The van der Waals surface area contributed by atoms with E-state index < -0.39 is 17.9 Å². The lowest BCUT2D eigenvalue weighted by atomic mass is 10.1. The molecular weight excluding hydrogens is 332 g/mol. The number of carbonyl (C=O) groups is 3. The highest BCUT2D eigenvalue weighted by atomic mass is 16.5. The van der Waals surface area contributed by atoms with E-state index in [1.807, 2.05) is 0 Å². The van der Waals surface area contributed by atoms with E-state index in [4.69, 9.17) is 14.2 Å². The molecular formula is C16H18N2O7. The van der Waals surface area contributed by atoms with Crippen molar-refractivity contribution in [1.82, 2.24) is 0 Å². The molecule has 134 valence electrons. The van der Waals surface area contributed by atoms with Gasteiger partial charge in [-0.1, -0.05) is 6.07 Å². The molecule has 9 nitrogen and oxygen atoms in total. The van der Waals surface area contributed by atoms with Crippen molar-refractivity contribution in [2.24, 2.45) is 0 Å². The standard InChI is InChI=1S/C16H18N2O7/c1-17-12-9(14(19)20)5-4-6-11(12)18-8-25-7-10(15(21)23-2)13(18)16(22)24-3/h4-6,17H,7-8H2,1-3H3,(H,19,20). The Labute approximate surface area is 143 Å². The van der Waals surface area contributed by atoms with E-state index in [1.165, 1.54) is 31.3 Å². The Hall–Kier alpha value is -3.07. The van der Waals surface area contributed by atoms with Crippen molar-refractivity contribution >= 4 is 29.3 Å². The van der Waals surface area contributed by atoms with Gasteiger partial charge in [0.1, 0.15) is 12.4 Å². The second-order valence-electron chi connectivity index (χ2n) is 4.97. The van der Waals surface area contributed by atoms with Crippen molar-refractivity contribution in [2.75, 3.05) is 44.8 Å². The molecule has 0 aromatic heterocycles. The van der Waals surface area contributed by atoms with Gasteiger partial charge in [-0.2, -0.15) is 0 Å². The molecule has 0 aliphatic carbocycles. The number of ether oxygens (including phenoxy) is 3. The van der Waals surface area contributed by atoms with Crippen LogP contribution in [-0.2, 0) is 23.8 Å². The lowest BCUT2D eigenvalue weighted by Crippen LogP contribution is -2.39. The molecule has 2 rings (SSSR count). The minimum Gasteiger partial charge on any atom is -0.478 e. The fourth-order valence-corrected chi connectivity index (χ4v) is 2.54. The molecule has 0 unspecified atom stereocenters. The highest BCUT2D eigenvalue weighted by Gasteiger charge is 2.34. The zero-order valence-electron chi connectivity index (χ0n) is 14.0. The summed E-state index contributed by atoms with van der Waals surface area (Å²) in [6.45, 7) is -0.191. The average Bonchev–Trinajstić information content (AvgIpc) is 2.65. The molecule has 1 aliphatic rings. The average molecular weight is 350 g/mol. The molecule has 2 N–H and O–H groups in total. The lowest BCUT2D eigenvalue weighted by Gasteiger charge is -2.32. The van der Waals surface area contributed by atoms with Crippen molar-refractivity contribution in [3.05, 3.63) is 35.0 Å². The van der Waals surface area contributed by atoms with Crippen LogP contribution in [-0.4, -0.2) is 57.6 Å². The van der Waals surface area contributed by atoms with Gasteiger partial charge in [0.25, 0.3) is 0 Å². The van der Waals surface area contributed by atoms with Crippen LogP contribution in [0.5, 0.6) is 0 Å². The van der Waals surface area contributed by atoms with Crippen LogP contribution < -0.4 is 10.2 Å². The van der Waals surface area contributed by atoms with Gasteiger partial charge in [0, 0.05) is 7.05 Å². The maximum Gasteiger partial charge on any atom is 0.355 e. The summed E-state index contributed by atoms with van der Waals surface area (Å²) in [6, 6.07) is 4.55. The molecule has 0 spiro atoms. The number of benzene rings is 1. The van der Waals surface area contributed by atoms with E-state index >= 15 is 0 Å². The van der Waals surface area contributed by atoms with E-state index in [0.29, 0.717) is 5.69 Å². The van der Waals surface area contributed by atoms with Gasteiger partial charge in [-0.25, -0.2) is 14.4 Å². The quantitative estimate of drug-likeness (QED) is 0.745. The minimum absolute atomic E-state index is 0.00871. The van der Waals surface area contributed by atoms with Gasteiger partial charge in [-0.05, 0) is 12.1 Å². The van der Waals surface area contributed by atoms with Crippen LogP contribution in [0.15, 0.2) is 29.5 Å². The topological polar surface area (TPSA) is 114 Å². The number of nitrogens with one attached hydrogen (secondary N) is 1. The summed E-state index contributed by atoms with van der Waals surface area (Å²) in [5, 5.41) is 12.2. The maximum absolute atomic E-state index is 12.3. The van der Waals surface area contributed by atoms with Gasteiger partial charge in [-0.15, -0.1) is 0 Å². The van der Waals surface area contributed by atoms with Crippen molar-refractivity contribution in [1.29, 1.82) is 0 Å². The van der Waals surface area contributed by atoms with Gasteiger partial charge in [0.15, 0.2) is 0 Å². The number of carboxylic acid groups (broad SMARTS) is 1. The molecule has 1 aliphatic heterocycles. The van der Waals surface area contributed by atoms with E-state index in [1.54, 1.807) is 13.1 Å². The van der Waals surface area contributed by atoms with Gasteiger partial charge >= 0.3 is 17.9 Å². The maximum atomic E-state index is 12.3. The van der Waals surface area contributed by atoms with Crippen molar-refractivity contribution in [2.45, 2.75) is 0 Å². The van der Waals surface area contributed by atoms with Gasteiger partial charge in [0.2, 0.25) is 0 Å². The molecule has 0 amide bonds. The van der Waals surface area contributed by atoms with Crippen molar-refractivity contribution in [3.63, 3.8) is 0 Å². The number of esters is 2. The molecule has 0 bridgehead atoms. The van der Waals surface area contributed by atoms with Crippen LogP contribution in [0.1, 0.15) is 10.4 Å². The third kappa shape index (κ3) is 3.41. The van der Waals surface area contributed by atoms with Crippen LogP contribution in [0.4, 0.5) is 11.4 Å². The minimum atomic E-state index is -1.14. The summed E-state index contributed by atoms with van der Waals surface area (Å²) in [5.41, 5.74) is 0.562. The lowest BCUT2D eigenvalue weighted by molar-refractivity contribution is -0.140. The Morgan fingerprint density at radius 3 is 2.44 bits per heavy atom. The van der Waals surface area contributed by atoms with Gasteiger partial charge in [-0.3, -0.25) is 0 Å². The number of methoxy groups -OCH3 is 2. The molecule has 0 fully saturated rings. The molecule has 9 heteroatoms.